The van der Waals surface area contributed by atoms with Crippen molar-refractivity contribution in [3.05, 3.63) is 0 Å². The number of thioether (sulfide) groups is 1. The van der Waals surface area contributed by atoms with Gasteiger partial charge in [0.05, 0.1) is 12.2 Å². The Balaban J connectivity index is 2.15. The lowest BCUT2D eigenvalue weighted by Gasteiger charge is -2.49. The summed E-state index contributed by atoms with van der Waals surface area (Å²) < 4.78 is 0. The Morgan fingerprint density at radius 3 is 2.33 bits per heavy atom. The molecule has 12 heavy (non-hydrogen) atoms. The van der Waals surface area contributed by atoms with Crippen molar-refractivity contribution in [3.8, 4) is 0 Å². The van der Waals surface area contributed by atoms with Crippen molar-refractivity contribution < 1.29 is 10.2 Å². The van der Waals surface area contributed by atoms with Gasteiger partial charge in [-0.3, -0.25) is 0 Å². The second kappa shape index (κ2) is 2.89. The molecular formula is C9H16O2S. The van der Waals surface area contributed by atoms with E-state index < -0.39 is 5.60 Å². The minimum atomic E-state index is -0.523. The van der Waals surface area contributed by atoms with Crippen LogP contribution in [-0.2, 0) is 0 Å². The first-order chi connectivity index (χ1) is 5.72. The molecule has 1 aliphatic carbocycles. The molecule has 2 N–H and O–H groups in total. The molecule has 0 aromatic heterocycles. The SMILES string of the molecule is OCC1(C2(O)CCC2)CCSC1. The van der Waals surface area contributed by atoms with Crippen LogP contribution < -0.4 is 0 Å². The molecule has 0 bridgehead atoms. The molecule has 1 saturated heterocycles. The van der Waals surface area contributed by atoms with Crippen molar-refractivity contribution in [3.63, 3.8) is 0 Å². The number of aliphatic hydroxyl groups is 2. The molecule has 1 aliphatic heterocycles. The van der Waals surface area contributed by atoms with Crippen LogP contribution in [0.2, 0.25) is 0 Å². The summed E-state index contributed by atoms with van der Waals surface area (Å²) in [7, 11) is 0. The molecule has 70 valence electrons. The predicted molar refractivity (Wildman–Crippen MR) is 50.3 cm³/mol. The average Bonchev–Trinajstić information content (AvgIpc) is 2.49. The number of hydrogen-bond donors (Lipinski definition) is 2. The maximum atomic E-state index is 10.2. The van der Waals surface area contributed by atoms with Crippen LogP contribution in [0.4, 0.5) is 0 Å². The Morgan fingerprint density at radius 2 is 2.00 bits per heavy atom. The van der Waals surface area contributed by atoms with Gasteiger partial charge >= 0.3 is 0 Å². The molecule has 3 heteroatoms. The van der Waals surface area contributed by atoms with Gasteiger partial charge in [-0.1, -0.05) is 0 Å². The molecule has 2 aliphatic rings. The smallest absolute Gasteiger partial charge is 0.0733 e. The third-order valence-corrected chi connectivity index (χ3v) is 4.82. The van der Waals surface area contributed by atoms with E-state index in [4.69, 9.17) is 0 Å². The molecule has 2 fully saturated rings. The van der Waals surface area contributed by atoms with E-state index in [1.54, 1.807) is 0 Å². The predicted octanol–water partition coefficient (Wildman–Crippen LogP) is 1.02. The third-order valence-electron chi connectivity index (χ3n) is 3.57. The van der Waals surface area contributed by atoms with Crippen molar-refractivity contribution in [2.24, 2.45) is 5.41 Å². The topological polar surface area (TPSA) is 40.5 Å². The summed E-state index contributed by atoms with van der Waals surface area (Å²) in [6, 6.07) is 0. The number of hydrogen-bond acceptors (Lipinski definition) is 3. The van der Waals surface area contributed by atoms with E-state index in [2.05, 4.69) is 0 Å². The van der Waals surface area contributed by atoms with Gasteiger partial charge in [-0.15, -0.1) is 0 Å². The van der Waals surface area contributed by atoms with Crippen LogP contribution in [0.5, 0.6) is 0 Å². The molecule has 1 unspecified atom stereocenters. The van der Waals surface area contributed by atoms with Crippen molar-refractivity contribution in [1.82, 2.24) is 0 Å². The molecule has 2 rings (SSSR count). The molecule has 1 atom stereocenters. The van der Waals surface area contributed by atoms with Crippen LogP contribution in [0.3, 0.4) is 0 Å². The maximum absolute atomic E-state index is 10.2. The molecule has 0 spiro atoms. The van der Waals surface area contributed by atoms with E-state index in [1.807, 2.05) is 11.8 Å². The molecule has 1 saturated carbocycles. The highest BCUT2D eigenvalue weighted by Crippen LogP contribution is 2.52. The zero-order valence-corrected chi connectivity index (χ0v) is 8.07. The van der Waals surface area contributed by atoms with Crippen molar-refractivity contribution in [1.29, 1.82) is 0 Å². The minimum absolute atomic E-state index is 0.157. The Morgan fingerprint density at radius 1 is 1.25 bits per heavy atom. The summed E-state index contributed by atoms with van der Waals surface area (Å²) in [5.74, 6) is 2.04. The summed E-state index contributed by atoms with van der Waals surface area (Å²) in [5.41, 5.74) is -0.679. The zero-order chi connectivity index (χ0) is 8.66. The van der Waals surface area contributed by atoms with Crippen LogP contribution in [-0.4, -0.2) is 33.9 Å². The van der Waals surface area contributed by atoms with E-state index in [-0.39, 0.29) is 12.0 Å². The van der Waals surface area contributed by atoms with Crippen LogP contribution in [0.15, 0.2) is 0 Å². The van der Waals surface area contributed by atoms with Gasteiger partial charge in [0.25, 0.3) is 0 Å². The first kappa shape index (κ1) is 8.85. The molecule has 0 amide bonds. The molecule has 2 nitrogen and oxygen atoms in total. The molecule has 0 radical (unpaired) electrons. The standard InChI is InChI=1S/C9H16O2S/c10-6-8(4-5-12-7-8)9(11)2-1-3-9/h10-11H,1-7H2. The average molecular weight is 188 g/mol. The van der Waals surface area contributed by atoms with Gasteiger partial charge in [0.2, 0.25) is 0 Å². The lowest BCUT2D eigenvalue weighted by Crippen LogP contribution is -2.55. The van der Waals surface area contributed by atoms with Gasteiger partial charge in [0.1, 0.15) is 0 Å². The molecular weight excluding hydrogens is 172 g/mol. The van der Waals surface area contributed by atoms with Gasteiger partial charge in [-0.2, -0.15) is 11.8 Å². The fourth-order valence-corrected chi connectivity index (χ4v) is 3.86. The molecule has 0 aromatic carbocycles. The zero-order valence-electron chi connectivity index (χ0n) is 7.25. The van der Waals surface area contributed by atoms with E-state index in [1.165, 1.54) is 0 Å². The fourth-order valence-electron chi connectivity index (χ4n) is 2.29. The largest absolute Gasteiger partial charge is 0.396 e. The fraction of sp³-hybridized carbons (Fsp3) is 1.00. The van der Waals surface area contributed by atoms with Gasteiger partial charge in [-0.25, -0.2) is 0 Å². The quantitative estimate of drug-likeness (QED) is 0.679. The summed E-state index contributed by atoms with van der Waals surface area (Å²) in [5, 5.41) is 19.5. The normalized spacial score (nSPS) is 39.5. The second-order valence-corrected chi connectivity index (χ2v) is 5.23. The Kier molecular flexibility index (Phi) is 2.13. The van der Waals surface area contributed by atoms with Crippen LogP contribution in [0, 0.1) is 5.41 Å². The Labute approximate surface area is 77.4 Å². The Hall–Kier alpha value is 0.270. The monoisotopic (exact) mass is 188 g/mol. The highest BCUT2D eigenvalue weighted by molar-refractivity contribution is 7.99. The van der Waals surface area contributed by atoms with Crippen LogP contribution in [0.25, 0.3) is 0 Å². The van der Waals surface area contributed by atoms with E-state index >= 15 is 0 Å². The minimum Gasteiger partial charge on any atom is -0.396 e. The van der Waals surface area contributed by atoms with Crippen molar-refractivity contribution in [2.75, 3.05) is 18.1 Å². The van der Waals surface area contributed by atoms with E-state index in [0.29, 0.717) is 0 Å². The van der Waals surface area contributed by atoms with Crippen LogP contribution >= 0.6 is 11.8 Å². The first-order valence-electron chi connectivity index (χ1n) is 4.63. The van der Waals surface area contributed by atoms with Crippen LogP contribution in [0.1, 0.15) is 25.7 Å². The summed E-state index contributed by atoms with van der Waals surface area (Å²) in [6.07, 6.45) is 3.91. The number of rotatable bonds is 2. The third kappa shape index (κ3) is 1.03. The van der Waals surface area contributed by atoms with E-state index in [0.717, 1.165) is 37.2 Å². The van der Waals surface area contributed by atoms with E-state index in [9.17, 15) is 10.2 Å². The van der Waals surface area contributed by atoms with Crippen molar-refractivity contribution in [2.45, 2.75) is 31.3 Å². The summed E-state index contributed by atoms with van der Waals surface area (Å²) in [6.45, 7) is 0.163. The Bertz CT molecular complexity index is 171. The molecule has 1 heterocycles. The summed E-state index contributed by atoms with van der Waals surface area (Å²) in [4.78, 5) is 0. The van der Waals surface area contributed by atoms with Crippen molar-refractivity contribution >= 4 is 11.8 Å². The van der Waals surface area contributed by atoms with Gasteiger partial charge < -0.3 is 10.2 Å². The molecule has 0 aromatic rings. The highest BCUT2D eigenvalue weighted by Gasteiger charge is 2.54. The second-order valence-electron chi connectivity index (χ2n) is 4.13. The van der Waals surface area contributed by atoms with Gasteiger partial charge in [0, 0.05) is 11.2 Å². The van der Waals surface area contributed by atoms with Gasteiger partial charge in [0.15, 0.2) is 0 Å². The van der Waals surface area contributed by atoms with Gasteiger partial charge in [-0.05, 0) is 31.4 Å². The number of aliphatic hydroxyl groups excluding tert-OH is 1. The first-order valence-corrected chi connectivity index (χ1v) is 5.79. The lowest BCUT2D eigenvalue weighted by atomic mass is 9.61. The maximum Gasteiger partial charge on any atom is 0.0733 e. The summed E-state index contributed by atoms with van der Waals surface area (Å²) >= 11 is 1.86. The lowest BCUT2D eigenvalue weighted by molar-refractivity contribution is -0.146. The highest BCUT2D eigenvalue weighted by atomic mass is 32.2.